The lowest BCUT2D eigenvalue weighted by Gasteiger charge is -2.36. The number of nitrogens with zero attached hydrogens (tertiary/aromatic N) is 1. The third-order valence-electron chi connectivity index (χ3n) is 2.79. The van der Waals surface area contributed by atoms with Crippen molar-refractivity contribution >= 4 is 0 Å². The summed E-state index contributed by atoms with van der Waals surface area (Å²) in [7, 11) is 0. The van der Waals surface area contributed by atoms with Crippen molar-refractivity contribution in [2.24, 2.45) is 5.73 Å². The number of benzene rings is 1. The summed E-state index contributed by atoms with van der Waals surface area (Å²) in [5.41, 5.74) is 6.83. The zero-order valence-electron chi connectivity index (χ0n) is 10.1. The molecule has 0 fully saturated rings. The number of hydrogen-bond donors (Lipinski definition) is 1. The van der Waals surface area contributed by atoms with E-state index in [0.717, 1.165) is 17.7 Å². The molecule has 1 aliphatic heterocycles. The van der Waals surface area contributed by atoms with Crippen LogP contribution in [-0.4, -0.2) is 12.2 Å². The van der Waals surface area contributed by atoms with Crippen molar-refractivity contribution < 1.29 is 9.47 Å². The van der Waals surface area contributed by atoms with Crippen LogP contribution in [0.15, 0.2) is 18.2 Å². The molecule has 1 heterocycles. The largest absolute Gasteiger partial charge is 0.487 e. The molecule has 0 aliphatic carbocycles. The van der Waals surface area contributed by atoms with E-state index >= 15 is 0 Å². The smallest absolute Gasteiger partial charge is 0.174 e. The minimum absolute atomic E-state index is 0.0150. The van der Waals surface area contributed by atoms with Crippen molar-refractivity contribution in [3.05, 3.63) is 23.8 Å². The molecule has 0 radical (unpaired) electrons. The van der Waals surface area contributed by atoms with E-state index in [2.05, 4.69) is 0 Å². The molecule has 17 heavy (non-hydrogen) atoms. The SMILES string of the molecule is CC1(C)CC(N)c2ccc(OCC#N)cc2O1. The molecule has 0 bridgehead atoms. The van der Waals surface area contributed by atoms with Crippen molar-refractivity contribution in [1.29, 1.82) is 5.26 Å². The normalized spacial score (nSPS) is 20.9. The highest BCUT2D eigenvalue weighted by Gasteiger charge is 2.31. The second-order valence-corrected chi connectivity index (χ2v) is 4.82. The Labute approximate surface area is 101 Å². The molecule has 1 unspecified atom stereocenters. The number of nitrogens with two attached hydrogens (primary N) is 1. The maximum absolute atomic E-state index is 8.46. The third kappa shape index (κ3) is 2.51. The topological polar surface area (TPSA) is 68.3 Å². The predicted octanol–water partition coefficient (Wildman–Crippen LogP) is 2.15. The van der Waals surface area contributed by atoms with E-state index in [4.69, 9.17) is 20.5 Å². The average Bonchev–Trinajstić information content (AvgIpc) is 2.24. The highest BCUT2D eigenvalue weighted by molar-refractivity contribution is 5.44. The van der Waals surface area contributed by atoms with Crippen LogP contribution >= 0.6 is 0 Å². The standard InChI is InChI=1S/C13H16N2O2/c1-13(2)8-11(15)10-4-3-9(16-6-5-14)7-12(10)17-13/h3-4,7,11H,6,8,15H2,1-2H3. The summed E-state index contributed by atoms with van der Waals surface area (Å²) in [5, 5.41) is 8.46. The van der Waals surface area contributed by atoms with Gasteiger partial charge in [-0.15, -0.1) is 0 Å². The van der Waals surface area contributed by atoms with Gasteiger partial charge in [-0.2, -0.15) is 5.26 Å². The third-order valence-corrected chi connectivity index (χ3v) is 2.79. The highest BCUT2D eigenvalue weighted by Crippen LogP contribution is 2.39. The Kier molecular flexibility index (Phi) is 2.95. The summed E-state index contributed by atoms with van der Waals surface area (Å²) < 4.78 is 11.1. The van der Waals surface area contributed by atoms with E-state index in [0.29, 0.717) is 5.75 Å². The molecular formula is C13H16N2O2. The van der Waals surface area contributed by atoms with Gasteiger partial charge < -0.3 is 15.2 Å². The van der Waals surface area contributed by atoms with Gasteiger partial charge in [0, 0.05) is 24.1 Å². The molecule has 0 spiro atoms. The number of rotatable bonds is 2. The van der Waals surface area contributed by atoms with E-state index in [1.165, 1.54) is 0 Å². The molecule has 0 saturated heterocycles. The molecule has 0 aromatic heterocycles. The Morgan fingerprint density at radius 3 is 3.06 bits per heavy atom. The second kappa shape index (κ2) is 4.27. The fraction of sp³-hybridized carbons (Fsp3) is 0.462. The lowest BCUT2D eigenvalue weighted by atomic mass is 9.90. The minimum atomic E-state index is -0.264. The minimum Gasteiger partial charge on any atom is -0.487 e. The van der Waals surface area contributed by atoms with Gasteiger partial charge in [0.05, 0.1) is 0 Å². The zero-order chi connectivity index (χ0) is 12.5. The Hall–Kier alpha value is -1.73. The summed E-state index contributed by atoms with van der Waals surface area (Å²) in [4.78, 5) is 0. The monoisotopic (exact) mass is 232 g/mol. The Balaban J connectivity index is 2.29. The van der Waals surface area contributed by atoms with E-state index in [1.807, 2.05) is 32.0 Å². The van der Waals surface area contributed by atoms with Crippen molar-refractivity contribution in [3.8, 4) is 17.6 Å². The quantitative estimate of drug-likeness (QED) is 0.848. The number of hydrogen-bond acceptors (Lipinski definition) is 4. The molecule has 1 atom stereocenters. The van der Waals surface area contributed by atoms with Crippen molar-refractivity contribution in [3.63, 3.8) is 0 Å². The van der Waals surface area contributed by atoms with Gasteiger partial charge in [0.25, 0.3) is 0 Å². The molecule has 0 amide bonds. The van der Waals surface area contributed by atoms with Gasteiger partial charge in [0.15, 0.2) is 6.61 Å². The molecule has 1 aromatic carbocycles. The first-order valence-corrected chi connectivity index (χ1v) is 5.60. The van der Waals surface area contributed by atoms with Crippen LogP contribution in [0.3, 0.4) is 0 Å². The predicted molar refractivity (Wildman–Crippen MR) is 63.8 cm³/mol. The van der Waals surface area contributed by atoms with E-state index in [-0.39, 0.29) is 18.2 Å². The molecule has 90 valence electrons. The van der Waals surface area contributed by atoms with Crippen LogP contribution in [0.4, 0.5) is 0 Å². The summed E-state index contributed by atoms with van der Waals surface area (Å²) in [6.45, 7) is 4.06. The molecule has 2 rings (SSSR count). The fourth-order valence-electron chi connectivity index (χ4n) is 2.09. The van der Waals surface area contributed by atoms with Gasteiger partial charge >= 0.3 is 0 Å². The maximum atomic E-state index is 8.46. The first kappa shape index (κ1) is 11.7. The highest BCUT2D eigenvalue weighted by atomic mass is 16.5. The number of nitriles is 1. The van der Waals surface area contributed by atoms with Crippen LogP contribution in [0.2, 0.25) is 0 Å². The van der Waals surface area contributed by atoms with Crippen LogP contribution < -0.4 is 15.2 Å². The molecule has 4 heteroatoms. The molecule has 0 saturated carbocycles. The van der Waals surface area contributed by atoms with Gasteiger partial charge in [0.1, 0.15) is 23.2 Å². The van der Waals surface area contributed by atoms with Crippen molar-refractivity contribution in [1.82, 2.24) is 0 Å². The van der Waals surface area contributed by atoms with Crippen LogP contribution in [0.5, 0.6) is 11.5 Å². The Morgan fingerprint density at radius 2 is 2.35 bits per heavy atom. The zero-order valence-corrected chi connectivity index (χ0v) is 10.1. The maximum Gasteiger partial charge on any atom is 0.174 e. The van der Waals surface area contributed by atoms with Gasteiger partial charge in [0.2, 0.25) is 0 Å². The summed E-state index contributed by atoms with van der Waals surface area (Å²) in [5.74, 6) is 1.39. The summed E-state index contributed by atoms with van der Waals surface area (Å²) in [6, 6.07) is 7.44. The average molecular weight is 232 g/mol. The molecule has 4 nitrogen and oxygen atoms in total. The van der Waals surface area contributed by atoms with E-state index < -0.39 is 0 Å². The van der Waals surface area contributed by atoms with E-state index in [1.54, 1.807) is 6.07 Å². The van der Waals surface area contributed by atoms with Gasteiger partial charge in [-0.05, 0) is 19.9 Å². The number of ether oxygens (including phenoxy) is 2. The first-order chi connectivity index (χ1) is 8.02. The lowest BCUT2D eigenvalue weighted by molar-refractivity contribution is 0.0725. The van der Waals surface area contributed by atoms with Crippen molar-refractivity contribution in [2.75, 3.05) is 6.61 Å². The van der Waals surface area contributed by atoms with Crippen LogP contribution in [0.1, 0.15) is 31.9 Å². The van der Waals surface area contributed by atoms with Crippen LogP contribution in [0, 0.1) is 11.3 Å². The Morgan fingerprint density at radius 1 is 1.59 bits per heavy atom. The van der Waals surface area contributed by atoms with Crippen LogP contribution in [0.25, 0.3) is 0 Å². The van der Waals surface area contributed by atoms with E-state index in [9.17, 15) is 0 Å². The second-order valence-electron chi connectivity index (χ2n) is 4.82. The molecule has 1 aliphatic rings. The fourth-order valence-corrected chi connectivity index (χ4v) is 2.09. The van der Waals surface area contributed by atoms with Gasteiger partial charge in [-0.1, -0.05) is 6.07 Å². The molecular weight excluding hydrogens is 216 g/mol. The lowest BCUT2D eigenvalue weighted by Crippen LogP contribution is -2.37. The first-order valence-electron chi connectivity index (χ1n) is 5.60. The van der Waals surface area contributed by atoms with Gasteiger partial charge in [-0.3, -0.25) is 0 Å². The molecule has 2 N–H and O–H groups in total. The van der Waals surface area contributed by atoms with Crippen LogP contribution in [-0.2, 0) is 0 Å². The van der Waals surface area contributed by atoms with Crippen molar-refractivity contribution in [2.45, 2.75) is 31.9 Å². The Bertz CT molecular complexity index is 463. The summed E-state index contributed by atoms with van der Waals surface area (Å²) >= 11 is 0. The number of fused-ring (bicyclic) bond motifs is 1. The molecule has 1 aromatic rings. The van der Waals surface area contributed by atoms with Gasteiger partial charge in [-0.25, -0.2) is 0 Å². The summed E-state index contributed by atoms with van der Waals surface area (Å²) in [6.07, 6.45) is 0.790.